The summed E-state index contributed by atoms with van der Waals surface area (Å²) in [6, 6.07) is 9.99. The zero-order valence-electron chi connectivity index (χ0n) is 14.0. The SMILES string of the molecule is Cc1cc(OCCCC(=O)Nc2cccc([N+](=O)[O-])c2C)ccc1Cl. The van der Waals surface area contributed by atoms with Gasteiger partial charge in [0.15, 0.2) is 0 Å². The van der Waals surface area contributed by atoms with Crippen molar-refractivity contribution in [3.05, 3.63) is 62.7 Å². The quantitative estimate of drug-likeness (QED) is 0.441. The van der Waals surface area contributed by atoms with E-state index in [1.807, 2.05) is 13.0 Å². The number of halogens is 1. The smallest absolute Gasteiger partial charge is 0.274 e. The molecule has 7 heteroatoms. The number of hydrogen-bond acceptors (Lipinski definition) is 4. The highest BCUT2D eigenvalue weighted by Gasteiger charge is 2.14. The molecule has 0 radical (unpaired) electrons. The highest BCUT2D eigenvalue weighted by molar-refractivity contribution is 6.31. The monoisotopic (exact) mass is 362 g/mol. The molecule has 0 fully saturated rings. The Labute approximate surface area is 150 Å². The van der Waals surface area contributed by atoms with E-state index >= 15 is 0 Å². The van der Waals surface area contributed by atoms with Gasteiger partial charge in [-0.15, -0.1) is 0 Å². The number of benzene rings is 2. The minimum Gasteiger partial charge on any atom is -0.494 e. The van der Waals surface area contributed by atoms with Gasteiger partial charge in [0.05, 0.1) is 22.8 Å². The molecule has 25 heavy (non-hydrogen) atoms. The van der Waals surface area contributed by atoms with E-state index in [9.17, 15) is 14.9 Å². The van der Waals surface area contributed by atoms with E-state index in [1.54, 1.807) is 31.2 Å². The van der Waals surface area contributed by atoms with Crippen molar-refractivity contribution in [2.75, 3.05) is 11.9 Å². The van der Waals surface area contributed by atoms with Gasteiger partial charge < -0.3 is 10.1 Å². The maximum absolute atomic E-state index is 12.0. The van der Waals surface area contributed by atoms with Gasteiger partial charge in [0, 0.05) is 17.5 Å². The molecule has 2 aromatic carbocycles. The van der Waals surface area contributed by atoms with Crippen LogP contribution in [0.15, 0.2) is 36.4 Å². The zero-order chi connectivity index (χ0) is 18.4. The summed E-state index contributed by atoms with van der Waals surface area (Å²) in [6.45, 7) is 3.89. The average molecular weight is 363 g/mol. The summed E-state index contributed by atoms with van der Waals surface area (Å²) in [5, 5.41) is 14.3. The molecule has 0 aromatic heterocycles. The van der Waals surface area contributed by atoms with E-state index in [2.05, 4.69) is 5.32 Å². The molecule has 0 aliphatic heterocycles. The first kappa shape index (κ1) is 18.7. The van der Waals surface area contributed by atoms with Crippen molar-refractivity contribution < 1.29 is 14.5 Å². The first-order valence-electron chi connectivity index (χ1n) is 7.81. The zero-order valence-corrected chi connectivity index (χ0v) is 14.8. The highest BCUT2D eigenvalue weighted by Crippen LogP contribution is 2.25. The van der Waals surface area contributed by atoms with Gasteiger partial charge in [0.25, 0.3) is 5.69 Å². The van der Waals surface area contributed by atoms with E-state index < -0.39 is 4.92 Å². The number of nitrogens with one attached hydrogen (secondary N) is 1. The maximum atomic E-state index is 12.0. The molecule has 1 amide bonds. The van der Waals surface area contributed by atoms with E-state index in [0.29, 0.717) is 35.1 Å². The molecule has 0 saturated carbocycles. The van der Waals surface area contributed by atoms with Crippen LogP contribution >= 0.6 is 11.6 Å². The van der Waals surface area contributed by atoms with Gasteiger partial charge in [-0.05, 0) is 50.1 Å². The lowest BCUT2D eigenvalue weighted by molar-refractivity contribution is -0.385. The second kappa shape index (κ2) is 8.48. The lowest BCUT2D eigenvalue weighted by atomic mass is 10.1. The van der Waals surface area contributed by atoms with Crippen LogP contribution in [0.1, 0.15) is 24.0 Å². The Balaban J connectivity index is 1.82. The number of carbonyl (C=O) groups is 1. The van der Waals surface area contributed by atoms with Gasteiger partial charge in [-0.1, -0.05) is 17.7 Å². The number of aryl methyl sites for hydroxylation is 1. The molecule has 0 atom stereocenters. The third kappa shape index (κ3) is 5.19. The van der Waals surface area contributed by atoms with Crippen molar-refractivity contribution in [2.24, 2.45) is 0 Å². The number of carbonyl (C=O) groups excluding carboxylic acids is 1. The molecule has 0 bridgehead atoms. The number of hydrogen-bond donors (Lipinski definition) is 1. The Hall–Kier alpha value is -2.60. The van der Waals surface area contributed by atoms with E-state index in [4.69, 9.17) is 16.3 Å². The van der Waals surface area contributed by atoms with Crippen LogP contribution < -0.4 is 10.1 Å². The number of nitro groups is 1. The second-order valence-corrected chi connectivity index (χ2v) is 6.03. The molecule has 2 rings (SSSR count). The number of amides is 1. The van der Waals surface area contributed by atoms with Crippen molar-refractivity contribution in [1.29, 1.82) is 0 Å². The number of rotatable bonds is 7. The van der Waals surface area contributed by atoms with Crippen molar-refractivity contribution >= 4 is 28.9 Å². The Morgan fingerprint density at radius 1 is 1.28 bits per heavy atom. The Morgan fingerprint density at radius 2 is 2.04 bits per heavy atom. The van der Waals surface area contributed by atoms with Gasteiger partial charge in [0.2, 0.25) is 5.91 Å². The molecule has 0 saturated heterocycles. The molecule has 2 aromatic rings. The predicted molar refractivity (Wildman–Crippen MR) is 97.4 cm³/mol. The molecule has 132 valence electrons. The summed E-state index contributed by atoms with van der Waals surface area (Å²) < 4.78 is 5.59. The summed E-state index contributed by atoms with van der Waals surface area (Å²) in [7, 11) is 0. The van der Waals surface area contributed by atoms with Crippen LogP contribution in [0.3, 0.4) is 0 Å². The molecule has 0 spiro atoms. The summed E-state index contributed by atoms with van der Waals surface area (Å²) in [6.07, 6.45) is 0.788. The molecule has 0 heterocycles. The van der Waals surface area contributed by atoms with E-state index in [-0.39, 0.29) is 18.0 Å². The lowest BCUT2D eigenvalue weighted by Crippen LogP contribution is -2.14. The third-order valence-electron chi connectivity index (χ3n) is 3.72. The molecular weight excluding hydrogens is 344 g/mol. The number of nitrogens with zero attached hydrogens (tertiary/aromatic N) is 1. The van der Waals surface area contributed by atoms with Crippen LogP contribution in [0, 0.1) is 24.0 Å². The summed E-state index contributed by atoms with van der Waals surface area (Å²) in [4.78, 5) is 22.5. The van der Waals surface area contributed by atoms with Crippen molar-refractivity contribution in [2.45, 2.75) is 26.7 Å². The van der Waals surface area contributed by atoms with Gasteiger partial charge >= 0.3 is 0 Å². The minimum atomic E-state index is -0.465. The first-order valence-corrected chi connectivity index (χ1v) is 8.19. The predicted octanol–water partition coefficient (Wildman–Crippen LogP) is 4.66. The standard InChI is InChI=1S/C18H19ClN2O4/c1-12-11-14(8-9-15(12)19)25-10-4-7-18(22)20-16-5-3-6-17(13(16)2)21(23)24/h3,5-6,8-9,11H,4,7,10H2,1-2H3,(H,20,22). The summed E-state index contributed by atoms with van der Waals surface area (Å²) >= 11 is 5.95. The van der Waals surface area contributed by atoms with Crippen LogP contribution in [-0.4, -0.2) is 17.4 Å². The largest absolute Gasteiger partial charge is 0.494 e. The molecule has 1 N–H and O–H groups in total. The second-order valence-electron chi connectivity index (χ2n) is 5.62. The van der Waals surface area contributed by atoms with Crippen LogP contribution in [0.25, 0.3) is 0 Å². The highest BCUT2D eigenvalue weighted by atomic mass is 35.5. The fourth-order valence-corrected chi connectivity index (χ4v) is 2.42. The van der Waals surface area contributed by atoms with Gasteiger partial charge in [-0.25, -0.2) is 0 Å². The maximum Gasteiger partial charge on any atom is 0.274 e. The van der Waals surface area contributed by atoms with Crippen LogP contribution in [0.5, 0.6) is 5.75 Å². The first-order chi connectivity index (χ1) is 11.9. The molecule has 0 aliphatic rings. The van der Waals surface area contributed by atoms with Crippen LogP contribution in [0.2, 0.25) is 5.02 Å². The fraction of sp³-hybridized carbons (Fsp3) is 0.278. The van der Waals surface area contributed by atoms with Gasteiger partial charge in [0.1, 0.15) is 5.75 Å². The lowest BCUT2D eigenvalue weighted by Gasteiger charge is -2.10. The number of ether oxygens (including phenoxy) is 1. The summed E-state index contributed by atoms with van der Waals surface area (Å²) in [5.74, 6) is 0.497. The Morgan fingerprint density at radius 3 is 2.72 bits per heavy atom. The van der Waals surface area contributed by atoms with E-state index in [0.717, 1.165) is 5.56 Å². The number of nitro benzene ring substituents is 1. The topological polar surface area (TPSA) is 81.5 Å². The van der Waals surface area contributed by atoms with Gasteiger partial charge in [-0.2, -0.15) is 0 Å². The third-order valence-corrected chi connectivity index (χ3v) is 4.15. The van der Waals surface area contributed by atoms with Gasteiger partial charge in [-0.3, -0.25) is 14.9 Å². The van der Waals surface area contributed by atoms with Crippen molar-refractivity contribution in [3.8, 4) is 5.75 Å². The Bertz CT molecular complexity index is 793. The van der Waals surface area contributed by atoms with Crippen LogP contribution in [0.4, 0.5) is 11.4 Å². The average Bonchev–Trinajstić information content (AvgIpc) is 2.56. The van der Waals surface area contributed by atoms with E-state index in [1.165, 1.54) is 6.07 Å². The normalized spacial score (nSPS) is 10.4. The van der Waals surface area contributed by atoms with Crippen molar-refractivity contribution in [1.82, 2.24) is 0 Å². The van der Waals surface area contributed by atoms with Crippen molar-refractivity contribution in [3.63, 3.8) is 0 Å². The molecular formula is C18H19ClN2O4. The molecule has 6 nitrogen and oxygen atoms in total. The Kier molecular flexibility index (Phi) is 6.36. The summed E-state index contributed by atoms with van der Waals surface area (Å²) in [5.41, 5.74) is 1.81. The number of anilines is 1. The minimum absolute atomic E-state index is 0.0146. The molecule has 0 unspecified atom stereocenters. The molecule has 0 aliphatic carbocycles. The fourth-order valence-electron chi connectivity index (χ4n) is 2.30. The van der Waals surface area contributed by atoms with Crippen LogP contribution in [-0.2, 0) is 4.79 Å².